The SMILES string of the molecule is CCC(=O)CCN1C=C2C(=NC(Oc3cccc(OC(F)(F)F)c3)N2Cc2ccc(Cl)cc2)N(C)C1. The summed E-state index contributed by atoms with van der Waals surface area (Å²) >= 11 is 6.04. The minimum absolute atomic E-state index is 0.180. The number of benzene rings is 2. The molecule has 7 nitrogen and oxygen atoms in total. The fourth-order valence-corrected chi connectivity index (χ4v) is 4.08. The Balaban J connectivity index is 1.61. The van der Waals surface area contributed by atoms with E-state index in [0.717, 1.165) is 11.3 Å². The Morgan fingerprint density at radius 3 is 2.58 bits per heavy atom. The fourth-order valence-electron chi connectivity index (χ4n) is 3.95. The van der Waals surface area contributed by atoms with Crippen molar-refractivity contribution in [3.8, 4) is 11.5 Å². The molecule has 192 valence electrons. The molecule has 36 heavy (non-hydrogen) atoms. The number of carbonyl (C=O) groups is 1. The van der Waals surface area contributed by atoms with Gasteiger partial charge in [-0.2, -0.15) is 0 Å². The topological polar surface area (TPSA) is 57.6 Å². The number of rotatable bonds is 9. The Morgan fingerprint density at radius 2 is 1.89 bits per heavy atom. The van der Waals surface area contributed by atoms with Crippen molar-refractivity contribution in [2.75, 3.05) is 20.3 Å². The van der Waals surface area contributed by atoms with E-state index >= 15 is 0 Å². The molecule has 4 rings (SSSR count). The van der Waals surface area contributed by atoms with Gasteiger partial charge in [-0.3, -0.25) is 4.79 Å². The summed E-state index contributed by atoms with van der Waals surface area (Å²) in [5.41, 5.74) is 1.73. The molecular weight excluding hydrogens is 497 g/mol. The molecule has 11 heteroatoms. The number of nitrogens with zero attached hydrogens (tertiary/aromatic N) is 4. The van der Waals surface area contributed by atoms with Gasteiger partial charge in [-0.25, -0.2) is 4.99 Å². The number of carbonyl (C=O) groups excluding carboxylic acids is 1. The second-order valence-electron chi connectivity index (χ2n) is 8.48. The number of alkyl halides is 3. The molecule has 0 radical (unpaired) electrons. The van der Waals surface area contributed by atoms with Gasteiger partial charge in [0.1, 0.15) is 23.0 Å². The zero-order chi connectivity index (χ0) is 25.9. The van der Waals surface area contributed by atoms with Crippen molar-refractivity contribution in [1.29, 1.82) is 0 Å². The lowest BCUT2D eigenvalue weighted by Gasteiger charge is -2.36. The molecule has 0 spiro atoms. The molecule has 0 bridgehead atoms. The van der Waals surface area contributed by atoms with Gasteiger partial charge in [0.05, 0.1) is 6.67 Å². The summed E-state index contributed by atoms with van der Waals surface area (Å²) in [5, 5.41) is 0.606. The summed E-state index contributed by atoms with van der Waals surface area (Å²) in [6, 6.07) is 12.7. The zero-order valence-corrected chi connectivity index (χ0v) is 20.6. The quantitative estimate of drug-likeness (QED) is 0.449. The monoisotopic (exact) mass is 522 g/mol. The van der Waals surface area contributed by atoms with Crippen LogP contribution in [-0.2, 0) is 11.3 Å². The van der Waals surface area contributed by atoms with Crippen LogP contribution in [0, 0.1) is 0 Å². The van der Waals surface area contributed by atoms with Crippen LogP contribution in [0.1, 0.15) is 25.3 Å². The van der Waals surface area contributed by atoms with Gasteiger partial charge in [0.2, 0.25) is 0 Å². The Labute approximate surface area is 212 Å². The maximum atomic E-state index is 12.7. The van der Waals surface area contributed by atoms with Gasteiger partial charge in [0.25, 0.3) is 6.35 Å². The lowest BCUT2D eigenvalue weighted by molar-refractivity contribution is -0.274. The third kappa shape index (κ3) is 6.42. The number of aliphatic imine (C=N–C) groups is 1. The number of fused-ring (bicyclic) bond motifs is 1. The summed E-state index contributed by atoms with van der Waals surface area (Å²) in [4.78, 5) is 22.5. The van der Waals surface area contributed by atoms with Crippen LogP contribution in [0.5, 0.6) is 11.5 Å². The van der Waals surface area contributed by atoms with Crippen LogP contribution in [0.4, 0.5) is 13.2 Å². The van der Waals surface area contributed by atoms with Crippen LogP contribution in [-0.4, -0.2) is 59.3 Å². The second-order valence-corrected chi connectivity index (χ2v) is 8.92. The van der Waals surface area contributed by atoms with E-state index in [1.807, 2.05) is 47.0 Å². The molecular formula is C25H26ClF3N4O3. The van der Waals surface area contributed by atoms with Crippen LogP contribution in [0.15, 0.2) is 65.4 Å². The van der Waals surface area contributed by atoms with Crippen LogP contribution in [0.3, 0.4) is 0 Å². The van der Waals surface area contributed by atoms with Gasteiger partial charge in [0.15, 0.2) is 5.84 Å². The maximum Gasteiger partial charge on any atom is 0.573 e. The Morgan fingerprint density at radius 1 is 1.17 bits per heavy atom. The van der Waals surface area contributed by atoms with E-state index in [4.69, 9.17) is 21.3 Å². The Bertz CT molecular complexity index is 1150. The molecule has 0 aromatic heterocycles. The first-order valence-electron chi connectivity index (χ1n) is 11.4. The number of likely N-dealkylation sites (N-methyl/N-ethyl adjacent to an activating group) is 1. The molecule has 2 aromatic rings. The lowest BCUT2D eigenvalue weighted by Crippen LogP contribution is -2.44. The van der Waals surface area contributed by atoms with Gasteiger partial charge in [-0.15, -0.1) is 13.2 Å². The van der Waals surface area contributed by atoms with Crippen molar-refractivity contribution in [2.24, 2.45) is 4.99 Å². The normalized spacial score (nSPS) is 17.5. The van der Waals surface area contributed by atoms with Gasteiger partial charge in [0, 0.05) is 50.3 Å². The molecule has 1 unspecified atom stereocenters. The molecule has 2 aromatic carbocycles. The van der Waals surface area contributed by atoms with Crippen LogP contribution < -0.4 is 9.47 Å². The fraction of sp³-hybridized carbons (Fsp3) is 0.360. The molecule has 0 saturated heterocycles. The van der Waals surface area contributed by atoms with Crippen molar-refractivity contribution in [2.45, 2.75) is 39.0 Å². The van der Waals surface area contributed by atoms with Gasteiger partial charge in [-0.05, 0) is 29.8 Å². The minimum atomic E-state index is -4.81. The first-order chi connectivity index (χ1) is 17.1. The maximum absolute atomic E-state index is 12.7. The highest BCUT2D eigenvalue weighted by Crippen LogP contribution is 2.32. The number of ether oxygens (including phenoxy) is 2. The summed E-state index contributed by atoms with van der Waals surface area (Å²) in [6.07, 6.45) is -2.77. The number of hydrogen-bond donors (Lipinski definition) is 0. The highest BCUT2D eigenvalue weighted by Gasteiger charge is 2.37. The van der Waals surface area contributed by atoms with Gasteiger partial charge in [-0.1, -0.05) is 36.7 Å². The predicted molar refractivity (Wildman–Crippen MR) is 129 cm³/mol. The molecule has 2 heterocycles. The highest BCUT2D eigenvalue weighted by atomic mass is 35.5. The molecule has 0 saturated carbocycles. The summed E-state index contributed by atoms with van der Waals surface area (Å²) in [7, 11) is 1.89. The molecule has 0 aliphatic carbocycles. The average molecular weight is 523 g/mol. The third-order valence-electron chi connectivity index (χ3n) is 5.72. The summed E-state index contributed by atoms with van der Waals surface area (Å²) in [5.74, 6) is 0.673. The molecule has 0 fully saturated rings. The standard InChI is InChI=1S/C25H26ClF3N4O3/c1-3-19(34)11-12-32-15-22-23(31(2)16-32)30-24(33(22)14-17-7-9-18(26)10-8-17)35-20-5-4-6-21(13-20)36-25(27,28)29/h4-10,13,15,24H,3,11-12,14,16H2,1-2H3. The van der Waals surface area contributed by atoms with E-state index in [0.29, 0.717) is 43.5 Å². The van der Waals surface area contributed by atoms with Crippen molar-refractivity contribution in [1.82, 2.24) is 14.7 Å². The Hall–Kier alpha value is -3.40. The number of Topliss-reactive ketones (excluding diaryl/α,β-unsaturated/α-hetero) is 1. The molecule has 0 amide bonds. The van der Waals surface area contributed by atoms with Crippen LogP contribution in [0.2, 0.25) is 5.02 Å². The number of amidine groups is 1. The number of halogens is 4. The summed E-state index contributed by atoms with van der Waals surface area (Å²) < 4.78 is 48.1. The highest BCUT2D eigenvalue weighted by molar-refractivity contribution is 6.30. The van der Waals surface area contributed by atoms with E-state index in [1.54, 1.807) is 18.2 Å². The average Bonchev–Trinajstić information content (AvgIpc) is 3.15. The van der Waals surface area contributed by atoms with Crippen molar-refractivity contribution >= 4 is 23.2 Å². The van der Waals surface area contributed by atoms with E-state index in [1.165, 1.54) is 18.2 Å². The van der Waals surface area contributed by atoms with Crippen LogP contribution in [0.25, 0.3) is 0 Å². The van der Waals surface area contributed by atoms with Gasteiger partial charge < -0.3 is 24.2 Å². The van der Waals surface area contributed by atoms with E-state index in [2.05, 4.69) is 4.74 Å². The van der Waals surface area contributed by atoms with E-state index < -0.39 is 12.7 Å². The first-order valence-corrected chi connectivity index (χ1v) is 11.8. The van der Waals surface area contributed by atoms with Crippen molar-refractivity contribution in [3.63, 3.8) is 0 Å². The second kappa shape index (κ2) is 10.7. The van der Waals surface area contributed by atoms with Crippen molar-refractivity contribution < 1.29 is 27.4 Å². The van der Waals surface area contributed by atoms with Crippen LogP contribution >= 0.6 is 11.6 Å². The van der Waals surface area contributed by atoms with Gasteiger partial charge >= 0.3 is 6.36 Å². The lowest BCUT2D eigenvalue weighted by atomic mass is 10.2. The first kappa shape index (κ1) is 25.7. The molecule has 1 atom stereocenters. The molecule has 2 aliphatic rings. The smallest absolute Gasteiger partial charge is 0.450 e. The predicted octanol–water partition coefficient (Wildman–Crippen LogP) is 5.23. The minimum Gasteiger partial charge on any atom is -0.450 e. The molecule has 2 aliphatic heterocycles. The zero-order valence-electron chi connectivity index (χ0n) is 19.8. The van der Waals surface area contributed by atoms with E-state index in [-0.39, 0.29) is 17.3 Å². The Kier molecular flexibility index (Phi) is 7.63. The third-order valence-corrected chi connectivity index (χ3v) is 5.97. The molecule has 0 N–H and O–H groups in total. The van der Waals surface area contributed by atoms with Crippen molar-refractivity contribution in [3.05, 3.63) is 71.0 Å². The number of hydrogen-bond acceptors (Lipinski definition) is 7. The number of ketones is 1. The summed E-state index contributed by atoms with van der Waals surface area (Å²) in [6.45, 7) is 3.35. The van der Waals surface area contributed by atoms with E-state index in [9.17, 15) is 18.0 Å². The largest absolute Gasteiger partial charge is 0.573 e.